The minimum atomic E-state index is -0.0194. The van der Waals surface area contributed by atoms with Crippen LogP contribution in [0.2, 0.25) is 0 Å². The fourth-order valence-corrected chi connectivity index (χ4v) is 4.22. The van der Waals surface area contributed by atoms with Gasteiger partial charge in [0, 0.05) is 57.4 Å². The van der Waals surface area contributed by atoms with E-state index in [0.29, 0.717) is 6.04 Å². The Morgan fingerprint density at radius 1 is 1.04 bits per heavy atom. The zero-order chi connectivity index (χ0) is 18.5. The number of piperidine rings is 1. The minimum Gasteiger partial charge on any atom is -0.326 e. The lowest BCUT2D eigenvalue weighted by atomic mass is 10.0. The molecule has 0 atom stereocenters. The van der Waals surface area contributed by atoms with Crippen LogP contribution in [0, 0.1) is 0 Å². The molecule has 3 rings (SSSR count). The maximum absolute atomic E-state index is 11.1. The molecular weight excluding hydrogens is 324 g/mol. The van der Waals surface area contributed by atoms with Gasteiger partial charge in [0.15, 0.2) is 0 Å². The van der Waals surface area contributed by atoms with Crippen LogP contribution < -0.4 is 5.32 Å². The first kappa shape index (κ1) is 19.3. The van der Waals surface area contributed by atoms with Gasteiger partial charge in [-0.1, -0.05) is 12.1 Å². The molecule has 0 unspecified atom stereocenters. The van der Waals surface area contributed by atoms with Gasteiger partial charge in [0.05, 0.1) is 0 Å². The largest absolute Gasteiger partial charge is 0.326 e. The monoisotopic (exact) mass is 358 g/mol. The lowest BCUT2D eigenvalue weighted by Crippen LogP contribution is -2.54. The van der Waals surface area contributed by atoms with Crippen molar-refractivity contribution in [2.45, 2.75) is 52.2 Å². The van der Waals surface area contributed by atoms with Crippen molar-refractivity contribution < 1.29 is 4.79 Å². The Kier molecular flexibility index (Phi) is 6.68. The van der Waals surface area contributed by atoms with Crippen molar-refractivity contribution >= 4 is 11.6 Å². The van der Waals surface area contributed by atoms with Crippen molar-refractivity contribution in [3.8, 4) is 0 Å². The molecule has 0 spiro atoms. The summed E-state index contributed by atoms with van der Waals surface area (Å²) >= 11 is 0. The van der Waals surface area contributed by atoms with Gasteiger partial charge in [-0.3, -0.25) is 19.5 Å². The van der Waals surface area contributed by atoms with E-state index in [1.54, 1.807) is 6.92 Å². The Hall–Kier alpha value is -1.43. The summed E-state index contributed by atoms with van der Waals surface area (Å²) in [7, 11) is 0. The molecule has 5 nitrogen and oxygen atoms in total. The molecule has 2 aliphatic heterocycles. The summed E-state index contributed by atoms with van der Waals surface area (Å²) in [5.74, 6) is -0.0194. The van der Waals surface area contributed by atoms with E-state index in [-0.39, 0.29) is 5.91 Å². The zero-order valence-corrected chi connectivity index (χ0v) is 16.6. The summed E-state index contributed by atoms with van der Waals surface area (Å²) in [6.45, 7) is 14.4. The Morgan fingerprint density at radius 3 is 2.19 bits per heavy atom. The second kappa shape index (κ2) is 8.98. The van der Waals surface area contributed by atoms with Crippen LogP contribution in [0.5, 0.6) is 0 Å². The van der Waals surface area contributed by atoms with Gasteiger partial charge in [0.25, 0.3) is 0 Å². The van der Waals surface area contributed by atoms with Gasteiger partial charge in [-0.25, -0.2) is 0 Å². The maximum atomic E-state index is 11.1. The Labute approximate surface area is 158 Å². The van der Waals surface area contributed by atoms with E-state index in [4.69, 9.17) is 0 Å². The molecule has 0 aromatic heterocycles. The van der Waals surface area contributed by atoms with Crippen LogP contribution in [-0.4, -0.2) is 72.0 Å². The molecule has 1 aromatic rings. The van der Waals surface area contributed by atoms with Gasteiger partial charge in [0.1, 0.15) is 0 Å². The van der Waals surface area contributed by atoms with Crippen LogP contribution in [0.15, 0.2) is 24.3 Å². The molecule has 1 N–H and O–H groups in total. The molecule has 1 aromatic carbocycles. The number of hydrogen-bond acceptors (Lipinski definition) is 4. The highest BCUT2D eigenvalue weighted by atomic mass is 16.1. The molecule has 26 heavy (non-hydrogen) atoms. The maximum Gasteiger partial charge on any atom is 0.221 e. The summed E-state index contributed by atoms with van der Waals surface area (Å²) in [5, 5.41) is 2.83. The highest BCUT2D eigenvalue weighted by Gasteiger charge is 2.27. The Bertz CT molecular complexity index is 570. The number of nitrogens with zero attached hydrogens (tertiary/aromatic N) is 3. The zero-order valence-electron chi connectivity index (χ0n) is 16.6. The average molecular weight is 359 g/mol. The number of carbonyl (C=O) groups excluding carboxylic acids is 1. The predicted molar refractivity (Wildman–Crippen MR) is 107 cm³/mol. The molecule has 2 saturated heterocycles. The van der Waals surface area contributed by atoms with Crippen molar-refractivity contribution in [3.05, 3.63) is 29.8 Å². The van der Waals surface area contributed by atoms with Crippen LogP contribution in [0.3, 0.4) is 0 Å². The molecule has 0 saturated carbocycles. The number of hydrogen-bond donors (Lipinski definition) is 1. The number of likely N-dealkylation sites (tertiary alicyclic amines) is 1. The second-order valence-corrected chi connectivity index (χ2v) is 8.05. The summed E-state index contributed by atoms with van der Waals surface area (Å²) in [4.78, 5) is 19.0. The second-order valence-electron chi connectivity index (χ2n) is 8.05. The fraction of sp³-hybridized carbons (Fsp3) is 0.667. The molecule has 2 aliphatic rings. The number of benzene rings is 1. The van der Waals surface area contributed by atoms with E-state index in [0.717, 1.165) is 18.3 Å². The smallest absolute Gasteiger partial charge is 0.221 e. The van der Waals surface area contributed by atoms with Crippen molar-refractivity contribution in [2.75, 3.05) is 44.6 Å². The first-order valence-electron chi connectivity index (χ1n) is 10.1. The number of anilines is 1. The number of amides is 1. The van der Waals surface area contributed by atoms with E-state index < -0.39 is 0 Å². The third kappa shape index (κ3) is 5.29. The van der Waals surface area contributed by atoms with Crippen molar-refractivity contribution in [3.63, 3.8) is 0 Å². The highest BCUT2D eigenvalue weighted by Crippen LogP contribution is 2.21. The Balaban J connectivity index is 1.42. The van der Waals surface area contributed by atoms with Gasteiger partial charge in [-0.05, 0) is 57.5 Å². The first-order chi connectivity index (χ1) is 12.5. The van der Waals surface area contributed by atoms with E-state index in [9.17, 15) is 4.79 Å². The summed E-state index contributed by atoms with van der Waals surface area (Å²) in [6, 6.07) is 9.69. The van der Waals surface area contributed by atoms with E-state index >= 15 is 0 Å². The van der Waals surface area contributed by atoms with Gasteiger partial charge in [0.2, 0.25) is 5.91 Å². The lowest BCUT2D eigenvalue weighted by Gasteiger charge is -2.43. The third-order valence-corrected chi connectivity index (χ3v) is 5.83. The molecule has 1 amide bonds. The number of piperazine rings is 1. The van der Waals surface area contributed by atoms with Crippen LogP contribution in [-0.2, 0) is 11.3 Å². The number of carbonyl (C=O) groups is 1. The molecule has 0 bridgehead atoms. The number of nitrogens with one attached hydrogen (secondary N) is 1. The third-order valence-electron chi connectivity index (χ3n) is 5.83. The van der Waals surface area contributed by atoms with Gasteiger partial charge >= 0.3 is 0 Å². The summed E-state index contributed by atoms with van der Waals surface area (Å²) < 4.78 is 0. The van der Waals surface area contributed by atoms with Gasteiger partial charge < -0.3 is 5.32 Å². The minimum absolute atomic E-state index is 0.0194. The molecule has 2 heterocycles. The standard InChI is InChI=1S/C21H34N4O/c1-17(2)24-12-14-25(15-13-24)21-8-10-23(11-9-21)16-19-4-6-20(7-5-19)22-18(3)26/h4-7,17,21H,8-16H2,1-3H3,(H,22,26). The van der Waals surface area contributed by atoms with Crippen molar-refractivity contribution in [2.24, 2.45) is 0 Å². The predicted octanol–water partition coefficient (Wildman–Crippen LogP) is 2.64. The first-order valence-corrected chi connectivity index (χ1v) is 10.1. The van der Waals surface area contributed by atoms with Crippen molar-refractivity contribution in [1.29, 1.82) is 0 Å². The molecule has 5 heteroatoms. The Morgan fingerprint density at radius 2 is 1.65 bits per heavy atom. The van der Waals surface area contributed by atoms with Gasteiger partial charge in [-0.15, -0.1) is 0 Å². The molecule has 144 valence electrons. The van der Waals surface area contributed by atoms with E-state index in [1.165, 1.54) is 57.7 Å². The van der Waals surface area contributed by atoms with Crippen LogP contribution in [0.4, 0.5) is 5.69 Å². The quantitative estimate of drug-likeness (QED) is 0.878. The van der Waals surface area contributed by atoms with Crippen LogP contribution >= 0.6 is 0 Å². The van der Waals surface area contributed by atoms with Gasteiger partial charge in [-0.2, -0.15) is 0 Å². The fourth-order valence-electron chi connectivity index (χ4n) is 4.22. The topological polar surface area (TPSA) is 38.8 Å². The van der Waals surface area contributed by atoms with E-state index in [2.05, 4.69) is 46.0 Å². The summed E-state index contributed by atoms with van der Waals surface area (Å²) in [5.41, 5.74) is 2.20. The molecule has 0 radical (unpaired) electrons. The van der Waals surface area contributed by atoms with Crippen molar-refractivity contribution in [1.82, 2.24) is 14.7 Å². The number of rotatable bonds is 5. The lowest BCUT2D eigenvalue weighted by molar-refractivity contribution is -0.114. The van der Waals surface area contributed by atoms with E-state index in [1.807, 2.05) is 12.1 Å². The molecule has 0 aliphatic carbocycles. The molecule has 2 fully saturated rings. The highest BCUT2D eigenvalue weighted by molar-refractivity contribution is 5.88. The average Bonchev–Trinajstić information content (AvgIpc) is 2.64. The van der Waals surface area contributed by atoms with Crippen LogP contribution in [0.1, 0.15) is 39.2 Å². The SMILES string of the molecule is CC(=O)Nc1ccc(CN2CCC(N3CCN(C(C)C)CC3)CC2)cc1. The van der Waals surface area contributed by atoms with Crippen LogP contribution in [0.25, 0.3) is 0 Å². The molecular formula is C21H34N4O. The normalized spacial score (nSPS) is 21.2. The summed E-state index contributed by atoms with van der Waals surface area (Å²) in [6.07, 6.45) is 2.57.